The molecule has 0 aliphatic rings. The van der Waals surface area contributed by atoms with Gasteiger partial charge in [-0.3, -0.25) is 9.59 Å². The van der Waals surface area contributed by atoms with E-state index in [1.165, 1.54) is 24.3 Å². The number of carbonyl (C=O) groups is 2. The van der Waals surface area contributed by atoms with E-state index in [1.807, 2.05) is 0 Å². The number of nitrogens with one attached hydrogen (secondary N) is 2. The van der Waals surface area contributed by atoms with Gasteiger partial charge in [0.25, 0.3) is 5.91 Å². The first-order valence-electron chi connectivity index (χ1n) is 8.72. The van der Waals surface area contributed by atoms with Gasteiger partial charge in [-0.2, -0.15) is 8.78 Å². The number of benzene rings is 2. The fourth-order valence-corrected chi connectivity index (χ4v) is 2.57. The van der Waals surface area contributed by atoms with Gasteiger partial charge in [-0.1, -0.05) is 18.2 Å². The van der Waals surface area contributed by atoms with E-state index in [0.29, 0.717) is 12.2 Å². The zero-order valence-corrected chi connectivity index (χ0v) is 15.2. The molecule has 0 bridgehead atoms. The number of hydrogen-bond donors (Lipinski definition) is 2. The van der Waals surface area contributed by atoms with Crippen LogP contribution in [0.5, 0.6) is 5.75 Å². The monoisotopic (exact) mass is 400 g/mol. The van der Waals surface area contributed by atoms with Gasteiger partial charge in [-0.05, 0) is 30.3 Å². The average Bonchev–Trinajstić information content (AvgIpc) is 3.21. The van der Waals surface area contributed by atoms with Gasteiger partial charge < -0.3 is 19.9 Å². The molecular weight excluding hydrogens is 382 g/mol. The second-order valence-corrected chi connectivity index (χ2v) is 6.01. The van der Waals surface area contributed by atoms with Crippen LogP contribution in [-0.2, 0) is 11.3 Å². The zero-order valence-electron chi connectivity index (χ0n) is 15.2. The predicted octanol–water partition coefficient (Wildman–Crippen LogP) is 3.77. The van der Waals surface area contributed by atoms with Crippen molar-refractivity contribution >= 4 is 23.2 Å². The summed E-state index contributed by atoms with van der Waals surface area (Å²) in [6.45, 7) is -2.53. The lowest BCUT2D eigenvalue weighted by atomic mass is 10.1. The van der Waals surface area contributed by atoms with Crippen molar-refractivity contribution in [2.24, 2.45) is 0 Å². The van der Waals surface area contributed by atoms with E-state index in [4.69, 9.17) is 0 Å². The molecule has 0 fully saturated rings. The molecule has 1 heterocycles. The van der Waals surface area contributed by atoms with Gasteiger partial charge in [-0.25, -0.2) is 4.98 Å². The maximum absolute atomic E-state index is 12.5. The molecule has 0 atom stereocenters. The summed E-state index contributed by atoms with van der Waals surface area (Å²) < 4.78 is 31.2. The molecule has 3 aromatic rings. The van der Waals surface area contributed by atoms with E-state index in [2.05, 4.69) is 20.4 Å². The number of imidazole rings is 1. The second-order valence-electron chi connectivity index (χ2n) is 6.01. The van der Waals surface area contributed by atoms with Crippen LogP contribution in [0, 0.1) is 0 Å². The molecule has 0 radical (unpaired) electrons. The Kier molecular flexibility index (Phi) is 6.51. The van der Waals surface area contributed by atoms with Gasteiger partial charge in [-0.15, -0.1) is 0 Å². The molecule has 29 heavy (non-hydrogen) atoms. The van der Waals surface area contributed by atoms with Gasteiger partial charge in [0.2, 0.25) is 5.91 Å². The number of carbonyl (C=O) groups excluding carboxylic acids is 2. The van der Waals surface area contributed by atoms with Crippen LogP contribution in [0.25, 0.3) is 0 Å². The Morgan fingerprint density at radius 1 is 1.10 bits per heavy atom. The molecule has 1 aromatic heterocycles. The minimum atomic E-state index is -3.01. The van der Waals surface area contributed by atoms with Crippen LogP contribution in [-0.4, -0.2) is 28.0 Å². The van der Waals surface area contributed by atoms with Crippen LogP contribution in [0.2, 0.25) is 0 Å². The third kappa shape index (κ3) is 5.86. The van der Waals surface area contributed by atoms with Crippen LogP contribution >= 0.6 is 0 Å². The van der Waals surface area contributed by atoms with Gasteiger partial charge in [0.05, 0.1) is 12.0 Å². The standard InChI is InChI=1S/C20H18F2N4O3/c21-20(22)29-17-7-2-1-6-16(17)25-19(28)14-4-3-5-15(12-14)24-18(27)8-10-26-11-9-23-13-26/h1-7,9,11-13,20H,8,10H2,(H,24,27)(H,25,28). The Hall–Kier alpha value is -3.75. The van der Waals surface area contributed by atoms with Crippen LogP contribution in [0.4, 0.5) is 20.2 Å². The number of aromatic nitrogens is 2. The summed E-state index contributed by atoms with van der Waals surface area (Å²) >= 11 is 0. The highest BCUT2D eigenvalue weighted by Crippen LogP contribution is 2.26. The molecular formula is C20H18F2N4O3. The van der Waals surface area contributed by atoms with E-state index in [0.717, 1.165) is 0 Å². The van der Waals surface area contributed by atoms with Gasteiger partial charge in [0.1, 0.15) is 5.75 Å². The van der Waals surface area contributed by atoms with Crippen LogP contribution in [0.3, 0.4) is 0 Å². The molecule has 9 heteroatoms. The van der Waals surface area contributed by atoms with Crippen LogP contribution in [0.15, 0.2) is 67.3 Å². The molecule has 7 nitrogen and oxygen atoms in total. The predicted molar refractivity (Wildman–Crippen MR) is 103 cm³/mol. The van der Waals surface area contributed by atoms with Crippen LogP contribution in [0.1, 0.15) is 16.8 Å². The van der Waals surface area contributed by atoms with E-state index in [-0.39, 0.29) is 29.3 Å². The molecule has 0 saturated carbocycles. The Balaban J connectivity index is 1.63. The topological polar surface area (TPSA) is 85.2 Å². The summed E-state index contributed by atoms with van der Waals surface area (Å²) in [6, 6.07) is 12.2. The number of amides is 2. The molecule has 2 N–H and O–H groups in total. The first-order valence-corrected chi connectivity index (χ1v) is 8.72. The lowest BCUT2D eigenvalue weighted by Gasteiger charge is -2.12. The maximum Gasteiger partial charge on any atom is 0.387 e. The lowest BCUT2D eigenvalue weighted by molar-refractivity contribution is -0.116. The van der Waals surface area contributed by atoms with Crippen molar-refractivity contribution in [1.29, 1.82) is 0 Å². The fourth-order valence-electron chi connectivity index (χ4n) is 2.57. The Bertz CT molecular complexity index is 977. The number of para-hydroxylation sites is 2. The minimum absolute atomic E-state index is 0.118. The summed E-state index contributed by atoms with van der Waals surface area (Å²) in [7, 11) is 0. The number of ether oxygens (including phenoxy) is 1. The quantitative estimate of drug-likeness (QED) is 0.603. The van der Waals surface area contributed by atoms with E-state index in [9.17, 15) is 18.4 Å². The number of anilines is 2. The number of hydrogen-bond acceptors (Lipinski definition) is 4. The fraction of sp³-hybridized carbons (Fsp3) is 0.150. The molecule has 0 spiro atoms. The molecule has 0 aliphatic heterocycles. The summed E-state index contributed by atoms with van der Waals surface area (Å²) in [5, 5.41) is 5.26. The Labute approximate surface area is 165 Å². The second kappa shape index (κ2) is 9.45. The lowest BCUT2D eigenvalue weighted by Crippen LogP contribution is -2.16. The van der Waals surface area contributed by atoms with Crippen molar-refractivity contribution in [2.75, 3.05) is 10.6 Å². The molecule has 2 aromatic carbocycles. The molecule has 0 saturated heterocycles. The number of aryl methyl sites for hydroxylation is 1. The van der Waals surface area contributed by atoms with E-state index >= 15 is 0 Å². The highest BCUT2D eigenvalue weighted by molar-refractivity contribution is 6.06. The van der Waals surface area contributed by atoms with Crippen molar-refractivity contribution in [3.63, 3.8) is 0 Å². The van der Waals surface area contributed by atoms with Crippen molar-refractivity contribution in [3.05, 3.63) is 72.8 Å². The third-order valence-electron chi connectivity index (χ3n) is 3.92. The molecule has 150 valence electrons. The van der Waals surface area contributed by atoms with Gasteiger partial charge in [0.15, 0.2) is 0 Å². The largest absolute Gasteiger partial charge is 0.433 e. The van der Waals surface area contributed by atoms with E-state index < -0.39 is 12.5 Å². The Morgan fingerprint density at radius 3 is 2.69 bits per heavy atom. The molecule has 2 amide bonds. The average molecular weight is 400 g/mol. The van der Waals surface area contributed by atoms with E-state index in [1.54, 1.807) is 47.6 Å². The van der Waals surface area contributed by atoms with Gasteiger partial charge in [0, 0.05) is 36.6 Å². The maximum atomic E-state index is 12.5. The zero-order chi connectivity index (χ0) is 20.6. The smallest absolute Gasteiger partial charge is 0.387 e. The normalized spacial score (nSPS) is 10.6. The Morgan fingerprint density at radius 2 is 1.93 bits per heavy atom. The SMILES string of the molecule is O=C(CCn1ccnc1)Nc1cccc(C(=O)Nc2ccccc2OC(F)F)c1. The minimum Gasteiger partial charge on any atom is -0.433 e. The number of rotatable bonds is 8. The number of halogens is 2. The van der Waals surface area contributed by atoms with Gasteiger partial charge >= 0.3 is 6.61 Å². The number of alkyl halides is 2. The number of nitrogens with zero attached hydrogens (tertiary/aromatic N) is 2. The summed E-state index contributed by atoms with van der Waals surface area (Å²) in [4.78, 5) is 28.5. The highest BCUT2D eigenvalue weighted by atomic mass is 19.3. The first-order chi connectivity index (χ1) is 14.0. The first kappa shape index (κ1) is 20.0. The summed E-state index contributed by atoms with van der Waals surface area (Å²) in [5.41, 5.74) is 0.822. The molecule has 0 unspecified atom stereocenters. The van der Waals surface area contributed by atoms with Crippen molar-refractivity contribution in [1.82, 2.24) is 9.55 Å². The van der Waals surface area contributed by atoms with Crippen LogP contribution < -0.4 is 15.4 Å². The summed E-state index contributed by atoms with van der Waals surface area (Å²) in [6.07, 6.45) is 5.25. The van der Waals surface area contributed by atoms with Crippen molar-refractivity contribution < 1.29 is 23.1 Å². The van der Waals surface area contributed by atoms with Crippen molar-refractivity contribution in [3.8, 4) is 5.75 Å². The molecule has 3 rings (SSSR count). The highest BCUT2D eigenvalue weighted by Gasteiger charge is 2.13. The molecule has 0 aliphatic carbocycles. The summed E-state index contributed by atoms with van der Waals surface area (Å²) in [5.74, 6) is -0.878. The van der Waals surface area contributed by atoms with Crippen molar-refractivity contribution in [2.45, 2.75) is 19.6 Å². The third-order valence-corrected chi connectivity index (χ3v) is 3.92.